The molecule has 0 aliphatic rings. The van der Waals surface area contributed by atoms with E-state index in [4.69, 9.17) is 0 Å². The van der Waals surface area contributed by atoms with E-state index in [0.29, 0.717) is 18.0 Å². The second kappa shape index (κ2) is 6.39. The number of aliphatic hydroxyl groups excluding tert-OH is 1. The largest absolute Gasteiger partial charge is 0.416 e. The Morgan fingerprint density at radius 3 is 2.05 bits per heavy atom. The lowest BCUT2D eigenvalue weighted by atomic mass is 10.0. The lowest BCUT2D eigenvalue weighted by Gasteiger charge is -2.20. The Morgan fingerprint density at radius 1 is 1.11 bits per heavy atom. The fourth-order valence-electron chi connectivity index (χ4n) is 1.55. The van der Waals surface area contributed by atoms with Crippen LogP contribution in [0.1, 0.15) is 38.0 Å². The van der Waals surface area contributed by atoms with Gasteiger partial charge in [-0.15, -0.1) is 0 Å². The van der Waals surface area contributed by atoms with Crippen LogP contribution in [0.3, 0.4) is 0 Å². The molecule has 19 heavy (non-hydrogen) atoms. The van der Waals surface area contributed by atoms with E-state index < -0.39 is 17.8 Å². The van der Waals surface area contributed by atoms with Gasteiger partial charge < -0.3 is 10.4 Å². The summed E-state index contributed by atoms with van der Waals surface area (Å²) in [6, 6.07) is 4.85. The molecule has 0 radical (unpaired) electrons. The molecular weight excluding hydrogens is 255 g/mol. The Bertz CT molecular complexity index is 387. The van der Waals surface area contributed by atoms with Crippen molar-refractivity contribution in [3.8, 4) is 0 Å². The molecule has 0 saturated heterocycles. The van der Waals surface area contributed by atoms with E-state index in [9.17, 15) is 18.3 Å². The van der Waals surface area contributed by atoms with E-state index in [1.165, 1.54) is 12.1 Å². The van der Waals surface area contributed by atoms with E-state index in [-0.39, 0.29) is 6.04 Å². The highest BCUT2D eigenvalue weighted by Crippen LogP contribution is 2.29. The molecule has 2 unspecified atom stereocenters. The zero-order valence-electron chi connectivity index (χ0n) is 11.3. The van der Waals surface area contributed by atoms with Crippen LogP contribution in [0.25, 0.3) is 0 Å². The SMILES string of the molecule is CC(C)C(C)NCC(O)c1ccc(C(F)(F)F)cc1. The van der Waals surface area contributed by atoms with Gasteiger partial charge in [-0.2, -0.15) is 13.2 Å². The summed E-state index contributed by atoms with van der Waals surface area (Å²) in [6.07, 6.45) is -5.14. The van der Waals surface area contributed by atoms with Gasteiger partial charge in [0, 0.05) is 12.6 Å². The number of hydrogen-bond acceptors (Lipinski definition) is 2. The molecule has 1 aromatic carbocycles. The van der Waals surface area contributed by atoms with E-state index in [2.05, 4.69) is 19.2 Å². The molecule has 5 heteroatoms. The van der Waals surface area contributed by atoms with Crippen LogP contribution >= 0.6 is 0 Å². The zero-order valence-corrected chi connectivity index (χ0v) is 11.3. The molecule has 1 aromatic rings. The zero-order chi connectivity index (χ0) is 14.6. The third kappa shape index (κ3) is 4.84. The summed E-state index contributed by atoms with van der Waals surface area (Å²) in [5, 5.41) is 13.1. The Balaban J connectivity index is 2.61. The number of nitrogens with one attached hydrogen (secondary N) is 1. The molecule has 0 heterocycles. The predicted octanol–water partition coefficient (Wildman–Crippen LogP) is 3.37. The maximum Gasteiger partial charge on any atom is 0.416 e. The van der Waals surface area contributed by atoms with Crippen LogP contribution in [0.5, 0.6) is 0 Å². The molecule has 108 valence electrons. The van der Waals surface area contributed by atoms with Crippen LogP contribution in [0, 0.1) is 5.92 Å². The van der Waals surface area contributed by atoms with Gasteiger partial charge in [-0.1, -0.05) is 26.0 Å². The number of halogens is 3. The first-order valence-corrected chi connectivity index (χ1v) is 6.30. The van der Waals surface area contributed by atoms with E-state index in [1.807, 2.05) is 6.92 Å². The van der Waals surface area contributed by atoms with Gasteiger partial charge >= 0.3 is 6.18 Å². The predicted molar refractivity (Wildman–Crippen MR) is 68.7 cm³/mol. The molecule has 1 rings (SSSR count). The molecule has 2 N–H and O–H groups in total. The van der Waals surface area contributed by atoms with Crippen LogP contribution in [-0.2, 0) is 6.18 Å². The molecule has 0 saturated carbocycles. The van der Waals surface area contributed by atoms with Crippen molar-refractivity contribution < 1.29 is 18.3 Å². The van der Waals surface area contributed by atoms with E-state index >= 15 is 0 Å². The fraction of sp³-hybridized carbons (Fsp3) is 0.571. The molecule has 2 atom stereocenters. The molecule has 0 fully saturated rings. The van der Waals surface area contributed by atoms with Crippen LogP contribution in [0.4, 0.5) is 13.2 Å². The van der Waals surface area contributed by atoms with Crippen molar-refractivity contribution in [3.05, 3.63) is 35.4 Å². The van der Waals surface area contributed by atoms with Gasteiger partial charge in [0.05, 0.1) is 11.7 Å². The minimum Gasteiger partial charge on any atom is -0.387 e. The standard InChI is InChI=1S/C14H20F3NO/c1-9(2)10(3)18-8-13(19)11-4-6-12(7-5-11)14(15,16)17/h4-7,9-10,13,18-19H,8H2,1-3H3. The molecule has 0 aromatic heterocycles. The van der Waals surface area contributed by atoms with Crippen LogP contribution in [0.15, 0.2) is 24.3 Å². The molecule has 0 amide bonds. The summed E-state index contributed by atoms with van der Waals surface area (Å²) in [5.41, 5.74) is -0.219. The highest BCUT2D eigenvalue weighted by Gasteiger charge is 2.30. The highest BCUT2D eigenvalue weighted by atomic mass is 19.4. The van der Waals surface area contributed by atoms with Crippen LogP contribution < -0.4 is 5.32 Å². The molecule has 0 bridgehead atoms. The summed E-state index contributed by atoms with van der Waals surface area (Å²) in [6.45, 7) is 6.44. The van der Waals surface area contributed by atoms with E-state index in [1.54, 1.807) is 0 Å². The molecule has 0 aliphatic carbocycles. The number of alkyl halides is 3. The van der Waals surface area contributed by atoms with Gasteiger partial charge in [0.15, 0.2) is 0 Å². The normalized spacial score (nSPS) is 15.6. The van der Waals surface area contributed by atoms with Crippen LogP contribution in [0.2, 0.25) is 0 Å². The van der Waals surface area contributed by atoms with Crippen molar-refractivity contribution in [1.82, 2.24) is 5.32 Å². The second-order valence-corrected chi connectivity index (χ2v) is 5.08. The average Bonchev–Trinajstić information content (AvgIpc) is 2.34. The summed E-state index contributed by atoms with van der Waals surface area (Å²) in [7, 11) is 0. The average molecular weight is 275 g/mol. The number of rotatable bonds is 5. The first-order valence-electron chi connectivity index (χ1n) is 6.30. The third-order valence-corrected chi connectivity index (χ3v) is 3.26. The van der Waals surface area contributed by atoms with Crippen molar-refractivity contribution in [3.63, 3.8) is 0 Å². The Labute approximate surface area is 111 Å². The maximum atomic E-state index is 12.4. The van der Waals surface area contributed by atoms with Gasteiger partial charge in [-0.05, 0) is 30.5 Å². The second-order valence-electron chi connectivity index (χ2n) is 5.08. The number of aliphatic hydroxyl groups is 1. The van der Waals surface area contributed by atoms with Gasteiger partial charge in [0.25, 0.3) is 0 Å². The van der Waals surface area contributed by atoms with Crippen LogP contribution in [-0.4, -0.2) is 17.7 Å². The molecule has 0 aliphatic heterocycles. The first-order chi connectivity index (χ1) is 8.71. The van der Waals surface area contributed by atoms with Crippen molar-refractivity contribution in [2.45, 2.75) is 39.1 Å². The van der Waals surface area contributed by atoms with Crippen molar-refractivity contribution in [2.24, 2.45) is 5.92 Å². The Morgan fingerprint density at radius 2 is 1.63 bits per heavy atom. The van der Waals surface area contributed by atoms with Gasteiger partial charge in [-0.25, -0.2) is 0 Å². The van der Waals surface area contributed by atoms with Gasteiger partial charge in [0.2, 0.25) is 0 Å². The highest BCUT2D eigenvalue weighted by molar-refractivity contribution is 5.26. The lowest BCUT2D eigenvalue weighted by molar-refractivity contribution is -0.137. The van der Waals surface area contributed by atoms with Crippen molar-refractivity contribution >= 4 is 0 Å². The van der Waals surface area contributed by atoms with Crippen molar-refractivity contribution in [1.29, 1.82) is 0 Å². The number of hydrogen-bond donors (Lipinski definition) is 2. The van der Waals surface area contributed by atoms with Gasteiger partial charge in [0.1, 0.15) is 0 Å². The minimum absolute atomic E-state index is 0.240. The topological polar surface area (TPSA) is 32.3 Å². The molecule has 2 nitrogen and oxygen atoms in total. The summed E-state index contributed by atoms with van der Waals surface area (Å²) < 4.78 is 37.2. The summed E-state index contributed by atoms with van der Waals surface area (Å²) in [5.74, 6) is 0.430. The third-order valence-electron chi connectivity index (χ3n) is 3.26. The summed E-state index contributed by atoms with van der Waals surface area (Å²) >= 11 is 0. The monoisotopic (exact) mass is 275 g/mol. The van der Waals surface area contributed by atoms with Gasteiger partial charge in [-0.3, -0.25) is 0 Å². The Hall–Kier alpha value is -1.07. The molecule has 0 spiro atoms. The summed E-state index contributed by atoms with van der Waals surface area (Å²) in [4.78, 5) is 0. The minimum atomic E-state index is -4.34. The quantitative estimate of drug-likeness (QED) is 0.863. The molecular formula is C14H20F3NO. The first kappa shape index (κ1) is 16.0. The number of benzene rings is 1. The fourth-order valence-corrected chi connectivity index (χ4v) is 1.55. The Kier molecular flexibility index (Phi) is 5.38. The smallest absolute Gasteiger partial charge is 0.387 e. The van der Waals surface area contributed by atoms with E-state index in [0.717, 1.165) is 12.1 Å². The van der Waals surface area contributed by atoms with Crippen molar-refractivity contribution in [2.75, 3.05) is 6.54 Å². The maximum absolute atomic E-state index is 12.4. The lowest BCUT2D eigenvalue weighted by Crippen LogP contribution is -2.34.